The number of fused-ring (bicyclic) bond motifs is 1. The van der Waals surface area contributed by atoms with Gasteiger partial charge in [-0.15, -0.1) is 0 Å². The van der Waals surface area contributed by atoms with Crippen molar-refractivity contribution in [2.24, 2.45) is 5.73 Å². The third-order valence-electron chi connectivity index (χ3n) is 3.23. The molecule has 0 amide bonds. The number of hydrogen-bond acceptors (Lipinski definition) is 3. The van der Waals surface area contributed by atoms with E-state index in [-0.39, 0.29) is 11.6 Å². The van der Waals surface area contributed by atoms with Gasteiger partial charge in [-0.05, 0) is 45.2 Å². The molecule has 1 aromatic rings. The number of ether oxygens (including phenoxy) is 1. The molecule has 2 rings (SSSR count). The number of rotatable bonds is 3. The molecule has 1 aliphatic carbocycles. The Morgan fingerprint density at radius 1 is 1.53 bits per heavy atom. The van der Waals surface area contributed by atoms with Crippen molar-refractivity contribution < 1.29 is 4.74 Å². The molecule has 3 nitrogen and oxygen atoms in total. The SMILES string of the molecule is CC(C)(C)OCC(N)C1CCc2cccnc21. The van der Waals surface area contributed by atoms with Crippen LogP contribution in [-0.2, 0) is 11.2 Å². The molecule has 17 heavy (non-hydrogen) atoms. The van der Waals surface area contributed by atoms with Crippen LogP contribution in [0.2, 0.25) is 0 Å². The molecule has 1 aromatic heterocycles. The Hall–Kier alpha value is -0.930. The van der Waals surface area contributed by atoms with E-state index in [4.69, 9.17) is 10.5 Å². The minimum Gasteiger partial charge on any atom is -0.374 e. The van der Waals surface area contributed by atoms with Gasteiger partial charge in [-0.2, -0.15) is 0 Å². The summed E-state index contributed by atoms with van der Waals surface area (Å²) in [6.45, 7) is 6.77. The van der Waals surface area contributed by atoms with E-state index in [9.17, 15) is 0 Å². The Balaban J connectivity index is 2.00. The van der Waals surface area contributed by atoms with Crippen LogP contribution in [0, 0.1) is 0 Å². The van der Waals surface area contributed by atoms with Crippen LogP contribution in [0.1, 0.15) is 44.4 Å². The first-order valence-corrected chi connectivity index (χ1v) is 6.31. The lowest BCUT2D eigenvalue weighted by atomic mass is 9.98. The molecule has 0 aliphatic heterocycles. The zero-order valence-corrected chi connectivity index (χ0v) is 10.9. The van der Waals surface area contributed by atoms with Gasteiger partial charge in [0, 0.05) is 23.9 Å². The maximum Gasteiger partial charge on any atom is 0.0631 e. The van der Waals surface area contributed by atoms with E-state index in [0.29, 0.717) is 12.5 Å². The van der Waals surface area contributed by atoms with E-state index in [1.807, 2.05) is 12.3 Å². The summed E-state index contributed by atoms with van der Waals surface area (Å²) in [5.41, 5.74) is 8.64. The zero-order chi connectivity index (χ0) is 12.5. The Bertz CT molecular complexity index is 384. The summed E-state index contributed by atoms with van der Waals surface area (Å²) in [6.07, 6.45) is 4.05. The number of hydrogen-bond donors (Lipinski definition) is 1. The number of aryl methyl sites for hydroxylation is 1. The number of nitrogens with two attached hydrogens (primary N) is 1. The quantitative estimate of drug-likeness (QED) is 0.872. The van der Waals surface area contributed by atoms with Gasteiger partial charge in [-0.1, -0.05) is 6.07 Å². The van der Waals surface area contributed by atoms with E-state index in [1.54, 1.807) is 0 Å². The summed E-state index contributed by atoms with van der Waals surface area (Å²) in [6, 6.07) is 4.20. The molecule has 0 spiro atoms. The predicted octanol–water partition coefficient (Wildman–Crippen LogP) is 2.25. The molecule has 3 heteroatoms. The molecule has 2 N–H and O–H groups in total. The highest BCUT2D eigenvalue weighted by Gasteiger charge is 2.29. The minimum atomic E-state index is -0.122. The van der Waals surface area contributed by atoms with Crippen molar-refractivity contribution in [1.82, 2.24) is 4.98 Å². The standard InChI is InChI=1S/C14H22N2O/c1-14(2,3)17-9-12(15)11-7-6-10-5-4-8-16-13(10)11/h4-5,8,11-12H,6-7,9,15H2,1-3H3. The summed E-state index contributed by atoms with van der Waals surface area (Å²) >= 11 is 0. The largest absolute Gasteiger partial charge is 0.374 e. The maximum atomic E-state index is 6.24. The van der Waals surface area contributed by atoms with Gasteiger partial charge >= 0.3 is 0 Å². The van der Waals surface area contributed by atoms with E-state index in [1.165, 1.54) is 11.3 Å². The Labute approximate surface area is 103 Å². The van der Waals surface area contributed by atoms with Crippen molar-refractivity contribution in [2.45, 2.75) is 51.2 Å². The molecule has 0 aromatic carbocycles. The number of pyridine rings is 1. The lowest BCUT2D eigenvalue weighted by Crippen LogP contribution is -2.36. The predicted molar refractivity (Wildman–Crippen MR) is 69.0 cm³/mol. The van der Waals surface area contributed by atoms with Crippen molar-refractivity contribution in [2.75, 3.05) is 6.61 Å². The van der Waals surface area contributed by atoms with Crippen molar-refractivity contribution in [1.29, 1.82) is 0 Å². The van der Waals surface area contributed by atoms with E-state index in [2.05, 4.69) is 31.8 Å². The van der Waals surface area contributed by atoms with Crippen molar-refractivity contribution in [3.8, 4) is 0 Å². The summed E-state index contributed by atoms with van der Waals surface area (Å²) < 4.78 is 5.77. The summed E-state index contributed by atoms with van der Waals surface area (Å²) in [5, 5.41) is 0. The van der Waals surface area contributed by atoms with Crippen LogP contribution in [0.3, 0.4) is 0 Å². The Kier molecular flexibility index (Phi) is 3.50. The fraction of sp³-hybridized carbons (Fsp3) is 0.643. The highest BCUT2D eigenvalue weighted by atomic mass is 16.5. The molecule has 94 valence electrons. The van der Waals surface area contributed by atoms with E-state index >= 15 is 0 Å². The number of nitrogens with zero attached hydrogens (tertiary/aromatic N) is 1. The molecule has 0 fully saturated rings. The van der Waals surface area contributed by atoms with Crippen LogP contribution >= 0.6 is 0 Å². The van der Waals surface area contributed by atoms with Crippen LogP contribution in [0.25, 0.3) is 0 Å². The maximum absolute atomic E-state index is 6.24. The van der Waals surface area contributed by atoms with Gasteiger partial charge in [0.15, 0.2) is 0 Å². The van der Waals surface area contributed by atoms with Crippen LogP contribution in [0.5, 0.6) is 0 Å². The Morgan fingerprint density at radius 2 is 2.29 bits per heavy atom. The van der Waals surface area contributed by atoms with Crippen molar-refractivity contribution >= 4 is 0 Å². The molecule has 0 radical (unpaired) electrons. The highest BCUT2D eigenvalue weighted by Crippen LogP contribution is 2.33. The van der Waals surface area contributed by atoms with Gasteiger partial charge in [0.25, 0.3) is 0 Å². The normalized spacial score (nSPS) is 21.3. The van der Waals surface area contributed by atoms with Gasteiger partial charge in [0.1, 0.15) is 0 Å². The second-order valence-electron chi connectivity index (χ2n) is 5.78. The molecule has 0 bridgehead atoms. The molecule has 2 atom stereocenters. The van der Waals surface area contributed by atoms with Gasteiger partial charge in [0.2, 0.25) is 0 Å². The van der Waals surface area contributed by atoms with Gasteiger partial charge in [-0.3, -0.25) is 4.98 Å². The lowest BCUT2D eigenvalue weighted by Gasteiger charge is -2.25. The zero-order valence-electron chi connectivity index (χ0n) is 10.9. The third kappa shape index (κ3) is 3.05. The van der Waals surface area contributed by atoms with E-state index in [0.717, 1.165) is 12.8 Å². The molecular weight excluding hydrogens is 212 g/mol. The lowest BCUT2D eigenvalue weighted by molar-refractivity contribution is -0.0129. The molecule has 1 heterocycles. The summed E-state index contributed by atoms with van der Waals surface area (Å²) in [4.78, 5) is 4.47. The second kappa shape index (κ2) is 4.75. The summed E-state index contributed by atoms with van der Waals surface area (Å²) in [5.74, 6) is 0.355. The van der Waals surface area contributed by atoms with Crippen LogP contribution < -0.4 is 5.73 Å². The van der Waals surface area contributed by atoms with E-state index < -0.39 is 0 Å². The first-order valence-electron chi connectivity index (χ1n) is 6.31. The molecular formula is C14H22N2O. The fourth-order valence-electron chi connectivity index (χ4n) is 2.32. The molecule has 0 saturated heterocycles. The van der Waals surface area contributed by atoms with Gasteiger partial charge < -0.3 is 10.5 Å². The van der Waals surface area contributed by atoms with Crippen molar-refractivity contribution in [3.05, 3.63) is 29.6 Å². The smallest absolute Gasteiger partial charge is 0.0631 e. The second-order valence-corrected chi connectivity index (χ2v) is 5.78. The topological polar surface area (TPSA) is 48.1 Å². The first-order chi connectivity index (χ1) is 7.97. The summed E-state index contributed by atoms with van der Waals surface area (Å²) in [7, 11) is 0. The van der Waals surface area contributed by atoms with Crippen LogP contribution in [0.15, 0.2) is 18.3 Å². The highest BCUT2D eigenvalue weighted by molar-refractivity contribution is 5.29. The van der Waals surface area contributed by atoms with Gasteiger partial charge in [0.05, 0.1) is 12.2 Å². The molecule has 0 saturated carbocycles. The van der Waals surface area contributed by atoms with Gasteiger partial charge in [-0.25, -0.2) is 0 Å². The minimum absolute atomic E-state index is 0.0466. The van der Waals surface area contributed by atoms with Crippen molar-refractivity contribution in [3.63, 3.8) is 0 Å². The average molecular weight is 234 g/mol. The monoisotopic (exact) mass is 234 g/mol. The van der Waals surface area contributed by atoms with Crippen LogP contribution in [-0.4, -0.2) is 23.2 Å². The first kappa shape index (κ1) is 12.5. The van der Waals surface area contributed by atoms with Crippen LogP contribution in [0.4, 0.5) is 0 Å². The molecule has 2 unspecified atom stereocenters. The Morgan fingerprint density at radius 3 is 3.00 bits per heavy atom. The third-order valence-corrected chi connectivity index (χ3v) is 3.23. The average Bonchev–Trinajstić information content (AvgIpc) is 2.68. The fourth-order valence-corrected chi connectivity index (χ4v) is 2.32. The number of aromatic nitrogens is 1. The molecule has 1 aliphatic rings.